The van der Waals surface area contributed by atoms with E-state index in [1.54, 1.807) is 13.0 Å². The summed E-state index contributed by atoms with van der Waals surface area (Å²) in [6, 6.07) is 4.44. The topological polar surface area (TPSA) is 89.5 Å². The maximum atomic E-state index is 12.6. The van der Waals surface area contributed by atoms with Crippen LogP contribution >= 0.6 is 0 Å². The second-order valence-corrected chi connectivity index (χ2v) is 5.77. The van der Waals surface area contributed by atoms with E-state index in [2.05, 4.69) is 0 Å². The van der Waals surface area contributed by atoms with E-state index < -0.39 is 4.92 Å². The zero-order valence-electron chi connectivity index (χ0n) is 12.4. The van der Waals surface area contributed by atoms with Crippen molar-refractivity contribution in [1.82, 2.24) is 4.90 Å². The van der Waals surface area contributed by atoms with E-state index in [4.69, 9.17) is 5.73 Å². The molecule has 6 nitrogen and oxygen atoms in total. The third-order valence-corrected chi connectivity index (χ3v) is 4.14. The van der Waals surface area contributed by atoms with Crippen molar-refractivity contribution in [1.29, 1.82) is 0 Å². The van der Waals surface area contributed by atoms with Gasteiger partial charge in [0.25, 0.3) is 11.6 Å². The summed E-state index contributed by atoms with van der Waals surface area (Å²) in [4.78, 5) is 24.7. The normalized spacial score (nSPS) is 20.1. The number of carbonyl (C=O) groups is 1. The lowest BCUT2D eigenvalue weighted by Crippen LogP contribution is -2.45. The molecule has 2 rings (SSSR count). The zero-order chi connectivity index (χ0) is 15.6. The number of nitrogens with zero attached hydrogens (tertiary/aromatic N) is 2. The SMILES string of the molecule is Cc1cc([N+](=O)[O-])ccc1C(=O)N1CCC[C@@H]([C@@H](C)N)C1. The second-order valence-electron chi connectivity index (χ2n) is 5.77. The fraction of sp³-hybridized carbons (Fsp3) is 0.533. The Kier molecular flexibility index (Phi) is 4.57. The largest absolute Gasteiger partial charge is 0.338 e. The highest BCUT2D eigenvalue weighted by Crippen LogP contribution is 2.23. The Bertz CT molecular complexity index is 557. The lowest BCUT2D eigenvalue weighted by molar-refractivity contribution is -0.384. The summed E-state index contributed by atoms with van der Waals surface area (Å²) in [7, 11) is 0. The van der Waals surface area contributed by atoms with Crippen molar-refractivity contribution in [2.75, 3.05) is 13.1 Å². The standard InChI is InChI=1S/C15H21N3O3/c1-10-8-13(18(20)21)5-6-14(10)15(19)17-7-3-4-12(9-17)11(2)16/h5-6,8,11-12H,3-4,7,9,16H2,1-2H3/t11-,12-/m1/s1. The molecule has 1 aliphatic heterocycles. The highest BCUT2D eigenvalue weighted by atomic mass is 16.6. The van der Waals surface area contributed by atoms with Gasteiger partial charge in [-0.2, -0.15) is 0 Å². The van der Waals surface area contributed by atoms with E-state index in [0.29, 0.717) is 23.6 Å². The molecule has 0 aliphatic carbocycles. The smallest absolute Gasteiger partial charge is 0.269 e. The number of likely N-dealkylation sites (tertiary alicyclic amines) is 1. The number of benzene rings is 1. The highest BCUT2D eigenvalue weighted by molar-refractivity contribution is 5.96. The van der Waals surface area contributed by atoms with E-state index >= 15 is 0 Å². The van der Waals surface area contributed by atoms with Crippen LogP contribution in [-0.4, -0.2) is 34.9 Å². The minimum atomic E-state index is -0.450. The first-order chi connectivity index (χ1) is 9.90. The van der Waals surface area contributed by atoms with E-state index in [1.807, 2.05) is 11.8 Å². The van der Waals surface area contributed by atoms with Gasteiger partial charge in [0.1, 0.15) is 0 Å². The van der Waals surface area contributed by atoms with Gasteiger partial charge < -0.3 is 10.6 Å². The van der Waals surface area contributed by atoms with Crippen LogP contribution in [0.4, 0.5) is 5.69 Å². The molecule has 1 amide bonds. The molecule has 6 heteroatoms. The van der Waals surface area contributed by atoms with Crippen molar-refractivity contribution in [3.8, 4) is 0 Å². The summed E-state index contributed by atoms with van der Waals surface area (Å²) in [5, 5.41) is 10.8. The number of rotatable bonds is 3. The molecule has 0 aromatic heterocycles. The summed E-state index contributed by atoms with van der Waals surface area (Å²) in [5.41, 5.74) is 7.12. The van der Waals surface area contributed by atoms with Gasteiger partial charge in [-0.15, -0.1) is 0 Å². The maximum absolute atomic E-state index is 12.6. The molecule has 1 aliphatic rings. The Morgan fingerprint density at radius 2 is 2.24 bits per heavy atom. The third-order valence-electron chi connectivity index (χ3n) is 4.14. The molecule has 21 heavy (non-hydrogen) atoms. The molecular formula is C15H21N3O3. The highest BCUT2D eigenvalue weighted by Gasteiger charge is 2.27. The summed E-state index contributed by atoms with van der Waals surface area (Å²) < 4.78 is 0. The number of piperidine rings is 1. The second kappa shape index (κ2) is 6.22. The molecule has 0 spiro atoms. The Balaban J connectivity index is 2.18. The van der Waals surface area contributed by atoms with Crippen molar-refractivity contribution < 1.29 is 9.72 Å². The van der Waals surface area contributed by atoms with Crippen LogP contribution in [0.2, 0.25) is 0 Å². The molecular weight excluding hydrogens is 270 g/mol. The van der Waals surface area contributed by atoms with Gasteiger partial charge in [-0.1, -0.05) is 0 Å². The first-order valence-electron chi connectivity index (χ1n) is 7.20. The number of aryl methyl sites for hydroxylation is 1. The van der Waals surface area contributed by atoms with Gasteiger partial charge >= 0.3 is 0 Å². The maximum Gasteiger partial charge on any atom is 0.269 e. The fourth-order valence-corrected chi connectivity index (χ4v) is 2.80. The van der Waals surface area contributed by atoms with Crippen LogP contribution in [0.3, 0.4) is 0 Å². The van der Waals surface area contributed by atoms with Crippen molar-refractivity contribution in [3.63, 3.8) is 0 Å². The molecule has 1 aromatic carbocycles. The van der Waals surface area contributed by atoms with Gasteiger partial charge in [-0.3, -0.25) is 14.9 Å². The molecule has 0 radical (unpaired) electrons. The Labute approximate surface area is 124 Å². The van der Waals surface area contributed by atoms with E-state index in [9.17, 15) is 14.9 Å². The average Bonchev–Trinajstić information content (AvgIpc) is 2.46. The number of nitrogens with two attached hydrogens (primary N) is 1. The van der Waals surface area contributed by atoms with Gasteiger partial charge in [0.05, 0.1) is 4.92 Å². The molecule has 0 saturated carbocycles. The van der Waals surface area contributed by atoms with Crippen LogP contribution in [0.1, 0.15) is 35.7 Å². The molecule has 2 N–H and O–H groups in total. The Hall–Kier alpha value is -1.95. The number of nitro benzene ring substituents is 1. The van der Waals surface area contributed by atoms with E-state index in [-0.39, 0.29) is 17.6 Å². The quantitative estimate of drug-likeness (QED) is 0.682. The first kappa shape index (κ1) is 15.4. The number of nitro groups is 1. The molecule has 114 valence electrons. The monoisotopic (exact) mass is 291 g/mol. The summed E-state index contributed by atoms with van der Waals surface area (Å²) in [5.74, 6) is 0.258. The lowest BCUT2D eigenvalue weighted by Gasteiger charge is -2.34. The van der Waals surface area contributed by atoms with Crippen LogP contribution < -0.4 is 5.73 Å². The summed E-state index contributed by atoms with van der Waals surface area (Å²) in [6.07, 6.45) is 1.99. The first-order valence-corrected chi connectivity index (χ1v) is 7.20. The third kappa shape index (κ3) is 3.39. The number of non-ortho nitro benzene ring substituents is 1. The Morgan fingerprint density at radius 3 is 2.81 bits per heavy atom. The Morgan fingerprint density at radius 1 is 1.52 bits per heavy atom. The minimum Gasteiger partial charge on any atom is -0.338 e. The number of hydrogen-bond acceptors (Lipinski definition) is 4. The summed E-state index contributed by atoms with van der Waals surface area (Å²) in [6.45, 7) is 5.08. The molecule has 0 unspecified atom stereocenters. The summed E-state index contributed by atoms with van der Waals surface area (Å²) >= 11 is 0. The molecule has 1 fully saturated rings. The van der Waals surface area contributed by atoms with Gasteiger partial charge in [0, 0.05) is 36.8 Å². The van der Waals surface area contributed by atoms with Crippen LogP contribution in [0.15, 0.2) is 18.2 Å². The van der Waals surface area contributed by atoms with E-state index in [1.165, 1.54) is 12.1 Å². The van der Waals surface area contributed by atoms with Crippen molar-refractivity contribution in [2.45, 2.75) is 32.7 Å². The van der Waals surface area contributed by atoms with Crippen LogP contribution in [0, 0.1) is 23.0 Å². The van der Waals surface area contributed by atoms with Crippen molar-refractivity contribution in [2.24, 2.45) is 11.7 Å². The van der Waals surface area contributed by atoms with Crippen LogP contribution in [0.5, 0.6) is 0 Å². The van der Waals surface area contributed by atoms with Gasteiger partial charge in [-0.25, -0.2) is 0 Å². The van der Waals surface area contributed by atoms with Crippen molar-refractivity contribution >= 4 is 11.6 Å². The molecule has 1 saturated heterocycles. The molecule has 1 aromatic rings. The number of hydrogen-bond donors (Lipinski definition) is 1. The molecule has 2 atom stereocenters. The molecule has 0 bridgehead atoms. The fourth-order valence-electron chi connectivity index (χ4n) is 2.80. The number of carbonyl (C=O) groups excluding carboxylic acids is 1. The van der Waals surface area contributed by atoms with Gasteiger partial charge in [-0.05, 0) is 44.2 Å². The van der Waals surface area contributed by atoms with Crippen LogP contribution in [0.25, 0.3) is 0 Å². The van der Waals surface area contributed by atoms with Gasteiger partial charge in [0.15, 0.2) is 0 Å². The predicted molar refractivity (Wildman–Crippen MR) is 80.1 cm³/mol. The minimum absolute atomic E-state index is 0.0103. The van der Waals surface area contributed by atoms with Gasteiger partial charge in [0.2, 0.25) is 0 Å². The predicted octanol–water partition coefficient (Wildman–Crippen LogP) is 2.10. The average molecular weight is 291 g/mol. The van der Waals surface area contributed by atoms with E-state index in [0.717, 1.165) is 19.4 Å². The number of amides is 1. The van der Waals surface area contributed by atoms with Crippen LogP contribution in [-0.2, 0) is 0 Å². The zero-order valence-corrected chi connectivity index (χ0v) is 12.4. The van der Waals surface area contributed by atoms with Crippen molar-refractivity contribution in [3.05, 3.63) is 39.4 Å². The molecule has 1 heterocycles. The lowest BCUT2D eigenvalue weighted by atomic mass is 9.91.